The van der Waals surface area contributed by atoms with Gasteiger partial charge in [-0.05, 0) is 11.8 Å². The van der Waals surface area contributed by atoms with Crippen molar-refractivity contribution >= 4 is 0 Å². The quantitative estimate of drug-likeness (QED) is 0.0572. The topological polar surface area (TPSA) is 0 Å². The van der Waals surface area contributed by atoms with Gasteiger partial charge in [0.05, 0.1) is 0 Å². The first kappa shape index (κ1) is 47.0. The van der Waals surface area contributed by atoms with E-state index >= 15 is 0 Å². The lowest BCUT2D eigenvalue weighted by atomic mass is 9.89. The summed E-state index contributed by atoms with van der Waals surface area (Å²) >= 11 is 0. The van der Waals surface area contributed by atoms with Crippen molar-refractivity contribution in [1.82, 2.24) is 0 Å². The molecule has 47 heavy (non-hydrogen) atoms. The Kier molecular flexibility index (Phi) is 42.2. The van der Waals surface area contributed by atoms with Crippen molar-refractivity contribution in [2.24, 2.45) is 11.8 Å². The molecule has 284 valence electrons. The molecule has 0 saturated carbocycles. The molecular weight excluding hydrogens is 565 g/mol. The molecule has 0 aromatic rings. The molecule has 0 N–H and O–H groups in total. The third-order valence-electron chi connectivity index (χ3n) is 11.6. The van der Waals surface area contributed by atoms with E-state index in [1.807, 2.05) is 0 Å². The molecule has 0 amide bonds. The van der Waals surface area contributed by atoms with Gasteiger partial charge in [-0.3, -0.25) is 0 Å². The summed E-state index contributed by atoms with van der Waals surface area (Å²) in [6, 6.07) is 0. The van der Waals surface area contributed by atoms with Crippen LogP contribution in [0.5, 0.6) is 0 Å². The second kappa shape index (κ2) is 42.2. The van der Waals surface area contributed by atoms with Crippen LogP contribution in [-0.2, 0) is 0 Å². The van der Waals surface area contributed by atoms with Crippen LogP contribution in [0, 0.1) is 11.8 Å². The molecule has 0 aliphatic carbocycles. The lowest BCUT2D eigenvalue weighted by Gasteiger charge is -2.17. The largest absolute Gasteiger partial charge is 0.0654 e. The zero-order valence-electron chi connectivity index (χ0n) is 34.1. The molecular formula is C47H96. The molecule has 0 heterocycles. The molecule has 0 aliphatic rings. The van der Waals surface area contributed by atoms with E-state index < -0.39 is 0 Å². The van der Waals surface area contributed by atoms with Gasteiger partial charge in [-0.25, -0.2) is 0 Å². The van der Waals surface area contributed by atoms with Crippen LogP contribution in [0.3, 0.4) is 0 Å². The average molecular weight is 661 g/mol. The predicted molar refractivity (Wildman–Crippen MR) is 219 cm³/mol. The van der Waals surface area contributed by atoms with Gasteiger partial charge < -0.3 is 0 Å². The summed E-state index contributed by atoms with van der Waals surface area (Å²) in [6.45, 7) is 9.38. The van der Waals surface area contributed by atoms with E-state index in [-0.39, 0.29) is 0 Å². The molecule has 0 rings (SSSR count). The van der Waals surface area contributed by atoms with Gasteiger partial charge in [-0.15, -0.1) is 0 Å². The van der Waals surface area contributed by atoms with E-state index in [1.54, 1.807) is 0 Å². The zero-order chi connectivity index (χ0) is 34.1. The van der Waals surface area contributed by atoms with Gasteiger partial charge >= 0.3 is 0 Å². The van der Waals surface area contributed by atoms with Crippen molar-refractivity contribution in [2.45, 2.75) is 291 Å². The minimum Gasteiger partial charge on any atom is -0.0654 e. The Morgan fingerprint density at radius 1 is 0.170 bits per heavy atom. The second-order valence-electron chi connectivity index (χ2n) is 16.4. The maximum Gasteiger partial charge on any atom is -0.0414 e. The molecule has 0 fully saturated rings. The highest BCUT2D eigenvalue weighted by Crippen LogP contribution is 2.26. The van der Waals surface area contributed by atoms with Crippen molar-refractivity contribution < 1.29 is 0 Å². The highest BCUT2D eigenvalue weighted by molar-refractivity contribution is 4.64. The van der Waals surface area contributed by atoms with Gasteiger partial charge in [0, 0.05) is 0 Å². The van der Waals surface area contributed by atoms with Gasteiger partial charge in [-0.1, -0.05) is 291 Å². The Hall–Kier alpha value is 0. The third kappa shape index (κ3) is 38.7. The minimum atomic E-state index is 1.03. The normalized spacial score (nSPS) is 13.0. The lowest BCUT2D eigenvalue weighted by Crippen LogP contribution is -2.02. The van der Waals surface area contributed by atoms with Crippen molar-refractivity contribution in [3.8, 4) is 0 Å². The maximum atomic E-state index is 2.38. The van der Waals surface area contributed by atoms with Crippen LogP contribution in [0.4, 0.5) is 0 Å². The van der Waals surface area contributed by atoms with Crippen LogP contribution in [0.25, 0.3) is 0 Å². The SMILES string of the molecule is CCCCCCCCCCCCCCCCC(CCCCCC)CCCCCCCCCC(CCCC)CCCCCCCCCC. The van der Waals surface area contributed by atoms with Crippen LogP contribution >= 0.6 is 0 Å². The average Bonchev–Trinajstić information content (AvgIpc) is 3.08. The van der Waals surface area contributed by atoms with Crippen molar-refractivity contribution in [3.63, 3.8) is 0 Å². The molecule has 0 radical (unpaired) electrons. The summed E-state index contributed by atoms with van der Waals surface area (Å²) in [5.74, 6) is 2.06. The van der Waals surface area contributed by atoms with Gasteiger partial charge in [0.2, 0.25) is 0 Å². The zero-order valence-corrected chi connectivity index (χ0v) is 34.1. The molecule has 0 aliphatic heterocycles. The van der Waals surface area contributed by atoms with Crippen molar-refractivity contribution in [2.75, 3.05) is 0 Å². The molecule has 0 aromatic carbocycles. The fourth-order valence-electron chi connectivity index (χ4n) is 8.16. The fraction of sp³-hybridized carbons (Fsp3) is 1.00. The predicted octanol–water partition coefficient (Wildman–Crippen LogP) is 18.3. The van der Waals surface area contributed by atoms with Crippen LogP contribution in [0.1, 0.15) is 291 Å². The molecule has 2 unspecified atom stereocenters. The first-order valence-corrected chi connectivity index (χ1v) is 23.3. The molecule has 0 aromatic heterocycles. The first-order valence-electron chi connectivity index (χ1n) is 23.3. The van der Waals surface area contributed by atoms with E-state index in [9.17, 15) is 0 Å². The maximum absolute atomic E-state index is 2.38. The summed E-state index contributed by atoms with van der Waals surface area (Å²) in [5, 5.41) is 0. The van der Waals surface area contributed by atoms with E-state index in [1.165, 1.54) is 263 Å². The first-order chi connectivity index (χ1) is 23.3. The second-order valence-corrected chi connectivity index (χ2v) is 16.4. The van der Waals surface area contributed by atoms with Crippen LogP contribution in [-0.4, -0.2) is 0 Å². The molecule has 0 nitrogen and oxygen atoms in total. The number of hydrogen-bond donors (Lipinski definition) is 0. The van der Waals surface area contributed by atoms with Gasteiger partial charge in [0.15, 0.2) is 0 Å². The van der Waals surface area contributed by atoms with Gasteiger partial charge in [0.25, 0.3) is 0 Å². The van der Waals surface area contributed by atoms with Crippen LogP contribution in [0.15, 0.2) is 0 Å². The Morgan fingerprint density at radius 2 is 0.319 bits per heavy atom. The monoisotopic (exact) mass is 661 g/mol. The third-order valence-corrected chi connectivity index (χ3v) is 11.6. The van der Waals surface area contributed by atoms with E-state index in [0.29, 0.717) is 0 Å². The standard InChI is InChI=1S/C47H96/c1-5-9-13-16-18-20-21-22-23-24-25-28-32-38-44-47(41-35-15-11-7-3)45-39-34-30-26-29-33-37-43-46(40-12-8-4)42-36-31-27-19-17-14-10-6-2/h46-47H,5-45H2,1-4H3. The summed E-state index contributed by atoms with van der Waals surface area (Å²) < 4.78 is 0. The van der Waals surface area contributed by atoms with Crippen LogP contribution < -0.4 is 0 Å². The highest BCUT2D eigenvalue weighted by atomic mass is 14.2. The van der Waals surface area contributed by atoms with Gasteiger partial charge in [-0.2, -0.15) is 0 Å². The highest BCUT2D eigenvalue weighted by Gasteiger charge is 2.10. The Bertz CT molecular complexity index is 522. The number of hydrogen-bond acceptors (Lipinski definition) is 0. The Labute approximate surface area is 302 Å². The molecule has 0 bridgehead atoms. The van der Waals surface area contributed by atoms with E-state index in [2.05, 4.69) is 27.7 Å². The van der Waals surface area contributed by atoms with Gasteiger partial charge in [0.1, 0.15) is 0 Å². The summed E-state index contributed by atoms with van der Waals surface area (Å²) in [4.78, 5) is 0. The summed E-state index contributed by atoms with van der Waals surface area (Å²) in [6.07, 6.45) is 60.7. The number of unbranched alkanes of at least 4 members (excludes halogenated alkanes) is 30. The molecule has 0 heteroatoms. The smallest absolute Gasteiger partial charge is 0.0414 e. The van der Waals surface area contributed by atoms with E-state index in [4.69, 9.17) is 0 Å². The van der Waals surface area contributed by atoms with Crippen molar-refractivity contribution in [1.29, 1.82) is 0 Å². The summed E-state index contributed by atoms with van der Waals surface area (Å²) in [5.41, 5.74) is 0. The van der Waals surface area contributed by atoms with Crippen LogP contribution in [0.2, 0.25) is 0 Å². The Morgan fingerprint density at radius 3 is 0.532 bits per heavy atom. The molecule has 2 atom stereocenters. The summed E-state index contributed by atoms with van der Waals surface area (Å²) in [7, 11) is 0. The lowest BCUT2D eigenvalue weighted by molar-refractivity contribution is 0.363. The van der Waals surface area contributed by atoms with Crippen molar-refractivity contribution in [3.05, 3.63) is 0 Å². The fourth-order valence-corrected chi connectivity index (χ4v) is 8.16. The Balaban J connectivity index is 3.87. The molecule has 0 saturated heterocycles. The van der Waals surface area contributed by atoms with E-state index in [0.717, 1.165) is 11.8 Å². The number of rotatable bonds is 42. The molecule has 0 spiro atoms. The minimum absolute atomic E-state index is 1.03.